The molecule has 0 radical (unpaired) electrons. The summed E-state index contributed by atoms with van der Waals surface area (Å²) in [5.41, 5.74) is -6.63. The standard InChI is InChI=1S/C9H2F8N2/c10-4-3(1-2-18)5(11)7(9(15,16)17)19-6(4)8(12,13)14/h1H2. The number of alkyl halides is 6. The van der Waals surface area contributed by atoms with Crippen LogP contribution in [0.2, 0.25) is 0 Å². The van der Waals surface area contributed by atoms with Gasteiger partial charge in [-0.15, -0.1) is 0 Å². The van der Waals surface area contributed by atoms with Gasteiger partial charge < -0.3 is 0 Å². The van der Waals surface area contributed by atoms with E-state index in [2.05, 4.69) is 0 Å². The average Bonchev–Trinajstić information content (AvgIpc) is 2.20. The van der Waals surface area contributed by atoms with Gasteiger partial charge in [-0.3, -0.25) is 0 Å². The van der Waals surface area contributed by atoms with E-state index in [9.17, 15) is 35.1 Å². The summed E-state index contributed by atoms with van der Waals surface area (Å²) in [6, 6.07) is 1.08. The number of rotatable bonds is 1. The zero-order valence-corrected chi connectivity index (χ0v) is 8.63. The quantitative estimate of drug-likeness (QED) is 0.743. The Morgan fingerprint density at radius 3 is 1.53 bits per heavy atom. The number of nitrogens with zero attached hydrogens (tertiary/aromatic N) is 2. The second-order valence-electron chi connectivity index (χ2n) is 3.25. The van der Waals surface area contributed by atoms with Gasteiger partial charge in [-0.2, -0.15) is 31.6 Å². The zero-order valence-electron chi connectivity index (χ0n) is 8.63. The van der Waals surface area contributed by atoms with Crippen LogP contribution in [0.5, 0.6) is 0 Å². The van der Waals surface area contributed by atoms with Crippen molar-refractivity contribution in [3.8, 4) is 6.07 Å². The van der Waals surface area contributed by atoms with E-state index >= 15 is 0 Å². The highest BCUT2D eigenvalue weighted by Crippen LogP contribution is 2.37. The molecule has 19 heavy (non-hydrogen) atoms. The summed E-state index contributed by atoms with van der Waals surface area (Å²) in [6.45, 7) is 0. The van der Waals surface area contributed by atoms with Gasteiger partial charge in [-0.25, -0.2) is 13.8 Å². The zero-order chi connectivity index (χ0) is 15.0. The molecule has 0 fully saturated rings. The minimum Gasteiger partial charge on any atom is -0.233 e. The molecule has 0 saturated carbocycles. The van der Waals surface area contributed by atoms with Gasteiger partial charge in [0.15, 0.2) is 23.0 Å². The van der Waals surface area contributed by atoms with Crippen molar-refractivity contribution in [2.45, 2.75) is 18.8 Å². The van der Waals surface area contributed by atoms with Gasteiger partial charge in [0.25, 0.3) is 0 Å². The van der Waals surface area contributed by atoms with Crippen LogP contribution in [0, 0.1) is 23.0 Å². The highest BCUT2D eigenvalue weighted by Gasteiger charge is 2.44. The number of nitriles is 1. The van der Waals surface area contributed by atoms with Gasteiger partial charge >= 0.3 is 12.4 Å². The molecule has 0 aliphatic rings. The first kappa shape index (κ1) is 15.1. The maximum absolute atomic E-state index is 13.2. The molecule has 104 valence electrons. The maximum Gasteiger partial charge on any atom is 0.436 e. The largest absolute Gasteiger partial charge is 0.436 e. The lowest BCUT2D eigenvalue weighted by Gasteiger charge is -2.14. The molecule has 0 spiro atoms. The Kier molecular flexibility index (Phi) is 3.70. The number of pyridine rings is 1. The van der Waals surface area contributed by atoms with Crippen LogP contribution < -0.4 is 0 Å². The van der Waals surface area contributed by atoms with Crippen molar-refractivity contribution in [2.24, 2.45) is 0 Å². The number of halogens is 8. The summed E-state index contributed by atoms with van der Waals surface area (Å²) in [5, 5.41) is 8.19. The maximum atomic E-state index is 13.2. The molecule has 2 nitrogen and oxygen atoms in total. The first-order chi connectivity index (χ1) is 8.50. The van der Waals surface area contributed by atoms with Crippen LogP contribution in [0.1, 0.15) is 17.0 Å². The van der Waals surface area contributed by atoms with Crippen molar-refractivity contribution in [1.29, 1.82) is 5.26 Å². The van der Waals surface area contributed by atoms with E-state index in [1.807, 2.05) is 4.98 Å². The summed E-state index contributed by atoms with van der Waals surface area (Å²) in [4.78, 5) is 1.95. The Morgan fingerprint density at radius 2 is 1.26 bits per heavy atom. The monoisotopic (exact) mass is 290 g/mol. The summed E-state index contributed by atoms with van der Waals surface area (Å²) < 4.78 is 100. The molecule has 0 aromatic carbocycles. The lowest BCUT2D eigenvalue weighted by atomic mass is 10.1. The minimum atomic E-state index is -5.54. The predicted octanol–water partition coefficient (Wildman–Crippen LogP) is 3.46. The molecule has 0 unspecified atom stereocenters. The molecule has 0 N–H and O–H groups in total. The molecule has 0 saturated heterocycles. The van der Waals surface area contributed by atoms with Crippen molar-refractivity contribution in [1.82, 2.24) is 4.98 Å². The highest BCUT2D eigenvalue weighted by atomic mass is 19.4. The van der Waals surface area contributed by atoms with E-state index in [1.54, 1.807) is 0 Å². The van der Waals surface area contributed by atoms with Gasteiger partial charge in [-0.05, 0) is 0 Å². The fourth-order valence-electron chi connectivity index (χ4n) is 1.20. The van der Waals surface area contributed by atoms with Crippen molar-refractivity contribution < 1.29 is 35.1 Å². The molecule has 0 atom stereocenters. The molecule has 10 heteroatoms. The molecule has 1 aromatic rings. The molecule has 1 aromatic heterocycles. The van der Waals surface area contributed by atoms with E-state index < -0.39 is 47.4 Å². The third-order valence-electron chi connectivity index (χ3n) is 1.96. The van der Waals surface area contributed by atoms with E-state index in [0.717, 1.165) is 6.07 Å². The topological polar surface area (TPSA) is 36.7 Å². The third kappa shape index (κ3) is 2.91. The van der Waals surface area contributed by atoms with Crippen LogP contribution in [0.3, 0.4) is 0 Å². The Bertz CT molecular complexity index is 499. The minimum absolute atomic E-state index is 1.08. The summed E-state index contributed by atoms with van der Waals surface area (Å²) in [5.74, 6) is -4.64. The number of hydrogen-bond acceptors (Lipinski definition) is 2. The normalized spacial score (nSPS) is 12.4. The molecular formula is C9H2F8N2. The SMILES string of the molecule is N#CCc1c(F)c(C(F)(F)F)nc(C(F)(F)F)c1F. The molecule has 0 aliphatic heterocycles. The lowest BCUT2D eigenvalue weighted by molar-refractivity contribution is -0.153. The predicted molar refractivity (Wildman–Crippen MR) is 43.5 cm³/mol. The molecule has 1 heterocycles. The Balaban J connectivity index is 3.71. The fraction of sp³-hybridized carbons (Fsp3) is 0.333. The van der Waals surface area contributed by atoms with Crippen molar-refractivity contribution in [3.63, 3.8) is 0 Å². The van der Waals surface area contributed by atoms with Crippen molar-refractivity contribution in [2.75, 3.05) is 0 Å². The van der Waals surface area contributed by atoms with E-state index in [-0.39, 0.29) is 0 Å². The van der Waals surface area contributed by atoms with E-state index in [0.29, 0.717) is 0 Å². The molecule has 1 rings (SSSR count). The summed E-state index contributed by atoms with van der Waals surface area (Å²) in [7, 11) is 0. The van der Waals surface area contributed by atoms with Crippen LogP contribution >= 0.6 is 0 Å². The second-order valence-corrected chi connectivity index (χ2v) is 3.25. The van der Waals surface area contributed by atoms with Crippen LogP contribution in [0.4, 0.5) is 35.1 Å². The first-order valence-corrected chi connectivity index (χ1v) is 4.39. The first-order valence-electron chi connectivity index (χ1n) is 4.39. The van der Waals surface area contributed by atoms with Gasteiger partial charge in [0.2, 0.25) is 0 Å². The molecular weight excluding hydrogens is 288 g/mol. The Morgan fingerprint density at radius 1 is 0.895 bits per heavy atom. The van der Waals surface area contributed by atoms with Crippen molar-refractivity contribution >= 4 is 0 Å². The van der Waals surface area contributed by atoms with Crippen LogP contribution in [0.15, 0.2) is 0 Å². The smallest absolute Gasteiger partial charge is 0.233 e. The van der Waals surface area contributed by atoms with Gasteiger partial charge in [-0.1, -0.05) is 0 Å². The molecule has 0 aliphatic carbocycles. The van der Waals surface area contributed by atoms with Crippen LogP contribution in [0.25, 0.3) is 0 Å². The molecule has 0 bridgehead atoms. The van der Waals surface area contributed by atoms with E-state index in [4.69, 9.17) is 5.26 Å². The van der Waals surface area contributed by atoms with Crippen molar-refractivity contribution in [3.05, 3.63) is 28.6 Å². The van der Waals surface area contributed by atoms with Gasteiger partial charge in [0, 0.05) is 5.56 Å². The number of hydrogen-bond donors (Lipinski definition) is 0. The van der Waals surface area contributed by atoms with Gasteiger partial charge in [0.05, 0.1) is 12.5 Å². The second kappa shape index (κ2) is 4.64. The fourth-order valence-corrected chi connectivity index (χ4v) is 1.20. The third-order valence-corrected chi connectivity index (χ3v) is 1.96. The average molecular weight is 290 g/mol. The van der Waals surface area contributed by atoms with Gasteiger partial charge in [0.1, 0.15) is 0 Å². The van der Waals surface area contributed by atoms with Crippen LogP contribution in [-0.4, -0.2) is 4.98 Å². The van der Waals surface area contributed by atoms with E-state index in [1.165, 1.54) is 0 Å². The Labute approximate surface area is 99.8 Å². The Hall–Kier alpha value is -1.92. The lowest BCUT2D eigenvalue weighted by Crippen LogP contribution is -2.21. The van der Waals surface area contributed by atoms with Crippen LogP contribution in [-0.2, 0) is 18.8 Å². The number of aromatic nitrogens is 1. The summed E-state index contributed by atoms with van der Waals surface area (Å²) >= 11 is 0. The molecule has 0 amide bonds. The highest BCUT2D eigenvalue weighted by molar-refractivity contribution is 5.31. The summed E-state index contributed by atoms with van der Waals surface area (Å²) in [6.07, 6.45) is -12.4.